The topological polar surface area (TPSA) is 54.5 Å². The van der Waals surface area contributed by atoms with Gasteiger partial charge in [0.2, 0.25) is 0 Å². The largest absolute Gasteiger partial charge is 0.339 e. The Hall–Kier alpha value is -1.62. The van der Waals surface area contributed by atoms with E-state index < -0.39 is 0 Å². The fourth-order valence-electron chi connectivity index (χ4n) is 1.58. The third-order valence-electron chi connectivity index (χ3n) is 2.82. The van der Waals surface area contributed by atoms with Gasteiger partial charge in [-0.05, 0) is 34.9 Å². The molecule has 1 aromatic rings. The van der Waals surface area contributed by atoms with Crippen molar-refractivity contribution < 1.29 is 14.4 Å². The van der Waals surface area contributed by atoms with Crippen molar-refractivity contribution in [3.05, 3.63) is 28.8 Å². The fraction of sp³-hybridized carbons (Fsp3) is 0.400. The lowest BCUT2D eigenvalue weighted by molar-refractivity contribution is 0.111. The first-order chi connectivity index (χ1) is 9.20. The minimum Gasteiger partial charge on any atom is -0.339 e. The number of benzene rings is 1. The molecule has 0 aromatic heterocycles. The van der Waals surface area contributed by atoms with Crippen molar-refractivity contribution in [2.24, 2.45) is 0 Å². The summed E-state index contributed by atoms with van der Waals surface area (Å²) in [6.07, 6.45) is 1.38. The van der Waals surface area contributed by atoms with Crippen molar-refractivity contribution >= 4 is 29.6 Å². The van der Waals surface area contributed by atoms with E-state index in [0.717, 1.165) is 17.3 Å². The molecule has 5 heteroatoms. The lowest BCUT2D eigenvalue weighted by atomic mass is 9.85. The molecule has 1 rings (SSSR count). The van der Waals surface area contributed by atoms with E-state index in [4.69, 9.17) is 0 Å². The van der Waals surface area contributed by atoms with Gasteiger partial charge < -0.3 is 4.90 Å². The predicted octanol–water partition coefficient (Wildman–Crippen LogP) is 3.38. The normalized spacial score (nSPS) is 11.1. The molecule has 0 spiro atoms. The Bertz CT molecular complexity index is 516. The summed E-state index contributed by atoms with van der Waals surface area (Å²) in [5.41, 5.74) is 1.47. The molecule has 4 nitrogen and oxygen atoms in total. The number of hydrogen-bond acceptors (Lipinski definition) is 4. The minimum atomic E-state index is -0.222. The van der Waals surface area contributed by atoms with Crippen LogP contribution < -0.4 is 0 Å². The first-order valence-electron chi connectivity index (χ1n) is 6.18. The highest BCUT2D eigenvalue weighted by atomic mass is 32.2. The van der Waals surface area contributed by atoms with Crippen LogP contribution >= 0.6 is 11.8 Å². The minimum absolute atomic E-state index is 0.176. The van der Waals surface area contributed by atoms with Crippen molar-refractivity contribution in [3.8, 4) is 0 Å². The molecule has 108 valence electrons. The smallest absolute Gasteiger partial charge is 0.285 e. The van der Waals surface area contributed by atoms with Crippen molar-refractivity contribution in [3.63, 3.8) is 0 Å². The van der Waals surface area contributed by atoms with Gasteiger partial charge in [0.25, 0.3) is 5.24 Å². The molecule has 0 saturated carbocycles. The fourth-order valence-corrected chi connectivity index (χ4v) is 2.39. The Morgan fingerprint density at radius 3 is 1.85 bits per heavy atom. The van der Waals surface area contributed by atoms with Gasteiger partial charge in [0.1, 0.15) is 0 Å². The molecular formula is C15H19NO3S. The molecule has 0 unspecified atom stereocenters. The van der Waals surface area contributed by atoms with Crippen molar-refractivity contribution in [2.45, 2.75) is 31.1 Å². The second-order valence-electron chi connectivity index (χ2n) is 5.73. The average molecular weight is 293 g/mol. The maximum absolute atomic E-state index is 11.8. The van der Waals surface area contributed by atoms with Crippen LogP contribution in [0.3, 0.4) is 0 Å². The molecule has 1 amide bonds. The summed E-state index contributed by atoms with van der Waals surface area (Å²) in [7, 11) is 3.25. The molecule has 0 saturated heterocycles. The van der Waals surface area contributed by atoms with Crippen LogP contribution in [0, 0.1) is 0 Å². The lowest BCUT2D eigenvalue weighted by Gasteiger charge is -2.21. The Morgan fingerprint density at radius 2 is 1.55 bits per heavy atom. The highest BCUT2D eigenvalue weighted by Crippen LogP contribution is 2.32. The maximum Gasteiger partial charge on any atom is 0.285 e. The number of amides is 1. The predicted molar refractivity (Wildman–Crippen MR) is 80.9 cm³/mol. The number of nitrogens with zero attached hydrogens (tertiary/aromatic N) is 1. The molecule has 0 atom stereocenters. The van der Waals surface area contributed by atoms with Crippen molar-refractivity contribution in [1.29, 1.82) is 0 Å². The Kier molecular flexibility index (Phi) is 5.11. The van der Waals surface area contributed by atoms with Crippen LogP contribution in [0.15, 0.2) is 17.0 Å². The van der Waals surface area contributed by atoms with Gasteiger partial charge in [-0.15, -0.1) is 0 Å². The monoisotopic (exact) mass is 293 g/mol. The van der Waals surface area contributed by atoms with E-state index in [1.807, 2.05) is 20.8 Å². The van der Waals surface area contributed by atoms with Crippen LogP contribution in [0.1, 0.15) is 47.1 Å². The first-order valence-corrected chi connectivity index (χ1v) is 7.00. The van der Waals surface area contributed by atoms with E-state index in [9.17, 15) is 14.4 Å². The quantitative estimate of drug-likeness (QED) is 0.633. The number of rotatable bonds is 3. The summed E-state index contributed by atoms with van der Waals surface area (Å²) in [6.45, 7) is 6.01. The van der Waals surface area contributed by atoms with E-state index in [1.54, 1.807) is 26.2 Å². The van der Waals surface area contributed by atoms with Crippen LogP contribution in [0.4, 0.5) is 4.79 Å². The van der Waals surface area contributed by atoms with Crippen LogP contribution in [0.2, 0.25) is 0 Å². The summed E-state index contributed by atoms with van der Waals surface area (Å²) < 4.78 is 0. The molecule has 0 fully saturated rings. The highest BCUT2D eigenvalue weighted by Gasteiger charge is 2.21. The van der Waals surface area contributed by atoms with Gasteiger partial charge in [-0.1, -0.05) is 20.8 Å². The van der Waals surface area contributed by atoms with Gasteiger partial charge in [-0.3, -0.25) is 14.4 Å². The molecule has 1 aromatic carbocycles. The van der Waals surface area contributed by atoms with Gasteiger partial charge in [0, 0.05) is 30.1 Å². The van der Waals surface area contributed by atoms with Gasteiger partial charge in [0.05, 0.1) is 0 Å². The molecule has 0 aliphatic rings. The Labute approximate surface area is 123 Å². The number of carbonyl (C=O) groups is 3. The number of thioether (sulfide) groups is 1. The van der Waals surface area contributed by atoms with Crippen LogP contribution in [0.5, 0.6) is 0 Å². The number of aldehydes is 2. The molecule has 0 radical (unpaired) electrons. The molecule has 0 aliphatic carbocycles. The second kappa shape index (κ2) is 6.22. The van der Waals surface area contributed by atoms with E-state index >= 15 is 0 Å². The summed E-state index contributed by atoms with van der Waals surface area (Å²) in [6, 6.07) is 3.48. The molecule has 0 heterocycles. The maximum atomic E-state index is 11.8. The molecule has 20 heavy (non-hydrogen) atoms. The van der Waals surface area contributed by atoms with E-state index in [1.165, 1.54) is 4.90 Å². The highest BCUT2D eigenvalue weighted by molar-refractivity contribution is 8.13. The standard InChI is InChI=1S/C15H19NO3S/c1-15(2,3)12-6-10(8-17)13(11(7-12)9-18)20-14(19)16(4)5/h6-9H,1-5H3. The zero-order valence-electron chi connectivity index (χ0n) is 12.4. The van der Waals surface area contributed by atoms with Gasteiger partial charge in [-0.25, -0.2) is 0 Å². The third kappa shape index (κ3) is 3.70. The average Bonchev–Trinajstić information content (AvgIpc) is 2.37. The van der Waals surface area contributed by atoms with Gasteiger partial charge in [-0.2, -0.15) is 0 Å². The molecule has 0 aliphatic heterocycles. The van der Waals surface area contributed by atoms with Crippen LogP contribution in [-0.4, -0.2) is 36.8 Å². The van der Waals surface area contributed by atoms with Crippen molar-refractivity contribution in [1.82, 2.24) is 4.90 Å². The Morgan fingerprint density at radius 1 is 1.10 bits per heavy atom. The number of hydrogen-bond donors (Lipinski definition) is 0. The zero-order chi connectivity index (χ0) is 15.5. The summed E-state index contributed by atoms with van der Waals surface area (Å²) >= 11 is 0.898. The summed E-state index contributed by atoms with van der Waals surface area (Å²) in [5.74, 6) is 0. The van der Waals surface area contributed by atoms with E-state index in [-0.39, 0.29) is 10.7 Å². The molecule has 0 N–H and O–H groups in total. The number of carbonyl (C=O) groups excluding carboxylic acids is 3. The summed E-state index contributed by atoms with van der Waals surface area (Å²) in [5, 5.41) is -0.222. The SMILES string of the molecule is CN(C)C(=O)Sc1c(C=O)cc(C(C)(C)C)cc1C=O. The van der Waals surface area contributed by atoms with Crippen LogP contribution in [0.25, 0.3) is 0 Å². The van der Waals surface area contributed by atoms with Crippen LogP contribution in [-0.2, 0) is 5.41 Å². The Balaban J connectivity index is 3.40. The van der Waals surface area contributed by atoms with E-state index in [0.29, 0.717) is 28.6 Å². The van der Waals surface area contributed by atoms with Gasteiger partial charge >= 0.3 is 0 Å². The third-order valence-corrected chi connectivity index (χ3v) is 4.04. The van der Waals surface area contributed by atoms with Gasteiger partial charge in [0.15, 0.2) is 12.6 Å². The zero-order valence-corrected chi connectivity index (χ0v) is 13.2. The molecule has 0 bridgehead atoms. The lowest BCUT2D eigenvalue weighted by Crippen LogP contribution is -2.17. The second-order valence-corrected chi connectivity index (χ2v) is 6.69. The first kappa shape index (κ1) is 16.4. The van der Waals surface area contributed by atoms with Crippen molar-refractivity contribution in [2.75, 3.05) is 14.1 Å². The summed E-state index contributed by atoms with van der Waals surface area (Å²) in [4.78, 5) is 36.2. The van der Waals surface area contributed by atoms with E-state index in [2.05, 4.69) is 0 Å². The molecular weight excluding hydrogens is 274 g/mol.